The molecule has 0 atom stereocenters. The second-order valence-corrected chi connectivity index (χ2v) is 7.83. The third-order valence-corrected chi connectivity index (χ3v) is 6.20. The Hall–Kier alpha value is -1.40. The molecule has 1 saturated carbocycles. The molecular formula is C15H22N2O3S. The summed E-state index contributed by atoms with van der Waals surface area (Å²) in [5.41, 5.74) is 7.10. The molecule has 1 aliphatic rings. The lowest BCUT2D eigenvalue weighted by Gasteiger charge is -2.12. The van der Waals surface area contributed by atoms with Crippen LogP contribution in [0, 0.1) is 0 Å². The first-order valence-corrected chi connectivity index (χ1v) is 9.04. The predicted octanol–water partition coefficient (Wildman–Crippen LogP) is 1.83. The van der Waals surface area contributed by atoms with E-state index in [0.29, 0.717) is 12.2 Å². The fourth-order valence-corrected chi connectivity index (χ4v) is 4.54. The van der Waals surface area contributed by atoms with E-state index in [0.717, 1.165) is 31.2 Å². The van der Waals surface area contributed by atoms with Crippen LogP contribution in [0.25, 0.3) is 0 Å². The average molecular weight is 310 g/mol. The lowest BCUT2D eigenvalue weighted by Crippen LogP contribution is -2.24. The van der Waals surface area contributed by atoms with E-state index in [1.807, 2.05) is 18.2 Å². The van der Waals surface area contributed by atoms with E-state index in [2.05, 4.69) is 5.32 Å². The summed E-state index contributed by atoms with van der Waals surface area (Å²) in [5.74, 6) is -0.355. The van der Waals surface area contributed by atoms with Gasteiger partial charge in [-0.15, -0.1) is 0 Å². The molecule has 21 heavy (non-hydrogen) atoms. The molecular weight excluding hydrogens is 288 g/mol. The molecule has 0 radical (unpaired) electrons. The Labute approximate surface area is 125 Å². The highest BCUT2D eigenvalue weighted by Gasteiger charge is 2.28. The number of anilines is 1. The normalized spacial score (nSPS) is 16.0. The molecule has 0 unspecified atom stereocenters. The Kier molecular flexibility index (Phi) is 5.36. The number of para-hydroxylation sites is 1. The molecule has 1 amide bonds. The maximum atomic E-state index is 12.1. The van der Waals surface area contributed by atoms with Crippen LogP contribution in [-0.2, 0) is 21.2 Å². The van der Waals surface area contributed by atoms with Gasteiger partial charge >= 0.3 is 0 Å². The zero-order valence-corrected chi connectivity index (χ0v) is 12.9. The van der Waals surface area contributed by atoms with Crippen LogP contribution in [0.15, 0.2) is 24.3 Å². The minimum Gasteiger partial charge on any atom is -0.326 e. The van der Waals surface area contributed by atoms with E-state index in [4.69, 9.17) is 5.73 Å². The van der Waals surface area contributed by atoms with Crippen molar-refractivity contribution in [2.75, 3.05) is 11.1 Å². The highest BCUT2D eigenvalue weighted by atomic mass is 32.2. The largest absolute Gasteiger partial charge is 0.326 e. The Morgan fingerprint density at radius 3 is 2.57 bits per heavy atom. The number of hydrogen-bond acceptors (Lipinski definition) is 4. The van der Waals surface area contributed by atoms with Gasteiger partial charge in [0.15, 0.2) is 9.84 Å². The summed E-state index contributed by atoms with van der Waals surface area (Å²) in [4.78, 5) is 11.9. The van der Waals surface area contributed by atoms with Crippen molar-refractivity contribution in [1.29, 1.82) is 0 Å². The van der Waals surface area contributed by atoms with Crippen molar-refractivity contribution in [3.05, 3.63) is 29.8 Å². The van der Waals surface area contributed by atoms with Crippen molar-refractivity contribution >= 4 is 21.4 Å². The maximum absolute atomic E-state index is 12.1. The van der Waals surface area contributed by atoms with Crippen LogP contribution in [0.5, 0.6) is 0 Å². The summed E-state index contributed by atoms with van der Waals surface area (Å²) < 4.78 is 24.2. The molecule has 6 heteroatoms. The summed E-state index contributed by atoms with van der Waals surface area (Å²) in [7, 11) is -3.15. The SMILES string of the molecule is NCc1ccccc1NC(=O)CCS(=O)(=O)C1CCCC1. The van der Waals surface area contributed by atoms with Crippen LogP contribution < -0.4 is 11.1 Å². The number of benzene rings is 1. The third-order valence-electron chi connectivity index (χ3n) is 3.94. The average Bonchev–Trinajstić information content (AvgIpc) is 3.01. The van der Waals surface area contributed by atoms with E-state index >= 15 is 0 Å². The molecule has 5 nitrogen and oxygen atoms in total. The first-order chi connectivity index (χ1) is 10.0. The maximum Gasteiger partial charge on any atom is 0.225 e. The van der Waals surface area contributed by atoms with Gasteiger partial charge in [0.25, 0.3) is 0 Å². The van der Waals surface area contributed by atoms with Gasteiger partial charge in [0.2, 0.25) is 5.91 Å². The molecule has 1 aliphatic carbocycles. The highest BCUT2D eigenvalue weighted by Crippen LogP contribution is 2.25. The fourth-order valence-electron chi connectivity index (χ4n) is 2.68. The molecule has 116 valence electrons. The summed E-state index contributed by atoms with van der Waals surface area (Å²) in [5, 5.41) is 2.49. The fraction of sp³-hybridized carbons (Fsp3) is 0.533. The highest BCUT2D eigenvalue weighted by molar-refractivity contribution is 7.92. The van der Waals surface area contributed by atoms with Gasteiger partial charge in [0, 0.05) is 18.7 Å². The van der Waals surface area contributed by atoms with Gasteiger partial charge in [-0.1, -0.05) is 31.0 Å². The van der Waals surface area contributed by atoms with Gasteiger partial charge in [-0.25, -0.2) is 8.42 Å². The van der Waals surface area contributed by atoms with Crippen molar-refractivity contribution in [3.8, 4) is 0 Å². The summed E-state index contributed by atoms with van der Waals surface area (Å²) in [6.07, 6.45) is 3.41. The molecule has 1 fully saturated rings. The van der Waals surface area contributed by atoms with E-state index < -0.39 is 9.84 Å². The van der Waals surface area contributed by atoms with Gasteiger partial charge < -0.3 is 11.1 Å². The van der Waals surface area contributed by atoms with Gasteiger partial charge in [-0.3, -0.25) is 4.79 Å². The van der Waals surface area contributed by atoms with Crippen LogP contribution in [0.1, 0.15) is 37.7 Å². The number of nitrogens with two attached hydrogens (primary N) is 1. The minimum absolute atomic E-state index is 0.00224. The predicted molar refractivity (Wildman–Crippen MR) is 83.6 cm³/mol. The van der Waals surface area contributed by atoms with E-state index in [1.54, 1.807) is 6.07 Å². The van der Waals surface area contributed by atoms with Gasteiger partial charge in [-0.05, 0) is 24.5 Å². The van der Waals surface area contributed by atoms with E-state index in [1.165, 1.54) is 0 Å². The zero-order chi connectivity index (χ0) is 15.3. The standard InChI is InChI=1S/C15H22N2O3S/c16-11-12-5-1-4-8-14(12)17-15(18)9-10-21(19,20)13-6-2-3-7-13/h1,4-5,8,13H,2-3,6-7,9-11,16H2,(H,17,18). The lowest BCUT2D eigenvalue weighted by molar-refractivity contribution is -0.115. The Morgan fingerprint density at radius 2 is 1.90 bits per heavy atom. The van der Waals surface area contributed by atoms with Crippen LogP contribution in [0.3, 0.4) is 0 Å². The second-order valence-electron chi connectivity index (χ2n) is 5.43. The summed E-state index contributed by atoms with van der Waals surface area (Å²) in [6, 6.07) is 7.27. The number of carbonyl (C=O) groups is 1. The molecule has 1 aromatic carbocycles. The van der Waals surface area contributed by atoms with Crippen molar-refractivity contribution < 1.29 is 13.2 Å². The number of nitrogens with one attached hydrogen (secondary N) is 1. The second kappa shape index (κ2) is 7.04. The number of amides is 1. The van der Waals surface area contributed by atoms with Crippen molar-refractivity contribution in [3.63, 3.8) is 0 Å². The number of hydrogen-bond donors (Lipinski definition) is 2. The quantitative estimate of drug-likeness (QED) is 0.839. The lowest BCUT2D eigenvalue weighted by atomic mass is 10.2. The van der Waals surface area contributed by atoms with Crippen LogP contribution in [0.2, 0.25) is 0 Å². The van der Waals surface area contributed by atoms with Gasteiger partial charge in [-0.2, -0.15) is 0 Å². The third kappa shape index (κ3) is 4.28. The zero-order valence-electron chi connectivity index (χ0n) is 12.0. The topological polar surface area (TPSA) is 89.3 Å². The summed E-state index contributed by atoms with van der Waals surface area (Å²) >= 11 is 0. The number of rotatable bonds is 6. The Balaban J connectivity index is 1.90. The number of sulfone groups is 1. The first kappa shape index (κ1) is 16.0. The Bertz CT molecular complexity index is 593. The molecule has 0 spiro atoms. The van der Waals surface area contributed by atoms with E-state index in [9.17, 15) is 13.2 Å². The van der Waals surface area contributed by atoms with Crippen molar-refractivity contribution in [2.45, 2.75) is 43.9 Å². The van der Waals surface area contributed by atoms with E-state index in [-0.39, 0.29) is 23.3 Å². The van der Waals surface area contributed by atoms with Gasteiger partial charge in [0.05, 0.1) is 11.0 Å². The van der Waals surface area contributed by atoms with Gasteiger partial charge in [0.1, 0.15) is 0 Å². The monoisotopic (exact) mass is 310 g/mol. The minimum atomic E-state index is -3.15. The molecule has 0 aromatic heterocycles. The van der Waals surface area contributed by atoms with Crippen LogP contribution in [-0.4, -0.2) is 25.3 Å². The molecule has 0 aliphatic heterocycles. The van der Waals surface area contributed by atoms with Crippen LogP contribution in [0.4, 0.5) is 5.69 Å². The molecule has 1 aromatic rings. The first-order valence-electron chi connectivity index (χ1n) is 7.32. The Morgan fingerprint density at radius 1 is 1.24 bits per heavy atom. The van der Waals surface area contributed by atoms with Crippen molar-refractivity contribution in [1.82, 2.24) is 0 Å². The number of carbonyl (C=O) groups excluding carboxylic acids is 1. The van der Waals surface area contributed by atoms with Crippen LogP contribution >= 0.6 is 0 Å². The molecule has 3 N–H and O–H groups in total. The smallest absolute Gasteiger partial charge is 0.225 e. The molecule has 0 heterocycles. The van der Waals surface area contributed by atoms with Crippen molar-refractivity contribution in [2.24, 2.45) is 5.73 Å². The summed E-state index contributed by atoms with van der Waals surface area (Å²) in [6.45, 7) is 0.330. The molecule has 2 rings (SSSR count). The molecule has 0 saturated heterocycles. The molecule has 0 bridgehead atoms.